The minimum atomic E-state index is 0.383. The highest BCUT2D eigenvalue weighted by Gasteiger charge is 2.21. The van der Waals surface area contributed by atoms with Gasteiger partial charge in [0.15, 0.2) is 5.89 Å². The number of oxazole rings is 1. The summed E-state index contributed by atoms with van der Waals surface area (Å²) in [5, 5.41) is 3.48. The molecule has 0 saturated carbocycles. The molecule has 1 aliphatic rings. The summed E-state index contributed by atoms with van der Waals surface area (Å²) >= 11 is 0. The molecule has 0 amide bonds. The topological polar surface area (TPSA) is 64.1 Å². The molecule has 84 valence electrons. The van der Waals surface area contributed by atoms with Crippen molar-refractivity contribution in [2.24, 2.45) is 5.73 Å². The Morgan fingerprint density at radius 3 is 3.07 bits per heavy atom. The Bertz CT molecular complexity index is 316. The van der Waals surface area contributed by atoms with Crippen molar-refractivity contribution in [3.63, 3.8) is 0 Å². The summed E-state index contributed by atoms with van der Waals surface area (Å²) in [6, 6.07) is 0.383. The first-order chi connectivity index (χ1) is 7.31. The van der Waals surface area contributed by atoms with Gasteiger partial charge in [0.1, 0.15) is 5.76 Å². The van der Waals surface area contributed by atoms with Crippen molar-refractivity contribution < 1.29 is 4.42 Å². The van der Waals surface area contributed by atoms with E-state index >= 15 is 0 Å². The molecular formula is C11H19N3O. The summed E-state index contributed by atoms with van der Waals surface area (Å²) in [5.74, 6) is 1.72. The van der Waals surface area contributed by atoms with Crippen molar-refractivity contribution in [3.05, 3.63) is 17.3 Å². The highest BCUT2D eigenvalue weighted by molar-refractivity contribution is 5.14. The monoisotopic (exact) mass is 209 g/mol. The number of aromatic nitrogens is 1. The largest absolute Gasteiger partial charge is 0.446 e. The van der Waals surface area contributed by atoms with Crippen LogP contribution in [0.25, 0.3) is 0 Å². The molecule has 1 atom stereocenters. The summed E-state index contributed by atoms with van der Waals surface area (Å²) < 4.78 is 5.58. The van der Waals surface area contributed by atoms with Gasteiger partial charge in [-0.05, 0) is 26.3 Å². The van der Waals surface area contributed by atoms with Gasteiger partial charge < -0.3 is 15.5 Å². The zero-order chi connectivity index (χ0) is 10.7. The van der Waals surface area contributed by atoms with Gasteiger partial charge in [0.05, 0.1) is 11.7 Å². The van der Waals surface area contributed by atoms with Crippen molar-refractivity contribution in [2.75, 3.05) is 13.1 Å². The molecule has 1 aromatic heterocycles. The van der Waals surface area contributed by atoms with Gasteiger partial charge in [-0.25, -0.2) is 4.98 Å². The van der Waals surface area contributed by atoms with Crippen LogP contribution in [-0.2, 0) is 6.42 Å². The first-order valence-corrected chi connectivity index (χ1v) is 5.71. The Hall–Kier alpha value is -0.870. The average Bonchev–Trinajstić information content (AvgIpc) is 2.61. The Labute approximate surface area is 90.2 Å². The van der Waals surface area contributed by atoms with E-state index in [1.165, 1.54) is 12.8 Å². The van der Waals surface area contributed by atoms with Gasteiger partial charge in [0, 0.05) is 13.0 Å². The second-order valence-corrected chi connectivity index (χ2v) is 4.09. The van der Waals surface area contributed by atoms with Crippen molar-refractivity contribution in [2.45, 2.75) is 38.6 Å². The first kappa shape index (κ1) is 10.6. The van der Waals surface area contributed by atoms with E-state index in [2.05, 4.69) is 10.3 Å². The van der Waals surface area contributed by atoms with Crippen molar-refractivity contribution in [3.8, 4) is 0 Å². The molecule has 1 unspecified atom stereocenters. The quantitative estimate of drug-likeness (QED) is 0.787. The van der Waals surface area contributed by atoms with E-state index in [1.54, 1.807) is 0 Å². The number of nitrogens with one attached hydrogen (secondary N) is 1. The van der Waals surface area contributed by atoms with Gasteiger partial charge in [0.2, 0.25) is 0 Å². The third-order valence-corrected chi connectivity index (χ3v) is 2.88. The van der Waals surface area contributed by atoms with Gasteiger partial charge in [-0.15, -0.1) is 0 Å². The lowest BCUT2D eigenvalue weighted by molar-refractivity contribution is 0.400. The highest BCUT2D eigenvalue weighted by atomic mass is 16.4. The lowest BCUT2D eigenvalue weighted by Crippen LogP contribution is -2.27. The molecule has 4 heteroatoms. The molecule has 1 fully saturated rings. The Balaban J connectivity index is 2.11. The van der Waals surface area contributed by atoms with E-state index in [0.29, 0.717) is 12.6 Å². The molecule has 4 nitrogen and oxygen atoms in total. The van der Waals surface area contributed by atoms with Crippen LogP contribution in [0, 0.1) is 6.92 Å². The predicted octanol–water partition coefficient (Wildman–Crippen LogP) is 1.30. The molecule has 0 radical (unpaired) electrons. The SMILES string of the molecule is Cc1oc(CCN)nc1C1CCCCN1. The number of nitrogens with zero attached hydrogens (tertiary/aromatic N) is 1. The fraction of sp³-hybridized carbons (Fsp3) is 0.727. The van der Waals surface area contributed by atoms with Crippen molar-refractivity contribution in [1.29, 1.82) is 0 Å². The Morgan fingerprint density at radius 2 is 2.40 bits per heavy atom. The van der Waals surface area contributed by atoms with Gasteiger partial charge in [-0.1, -0.05) is 6.42 Å². The fourth-order valence-corrected chi connectivity index (χ4v) is 2.10. The minimum Gasteiger partial charge on any atom is -0.446 e. The molecule has 1 aliphatic heterocycles. The molecule has 15 heavy (non-hydrogen) atoms. The summed E-state index contributed by atoms with van der Waals surface area (Å²) in [6.45, 7) is 3.67. The maximum absolute atomic E-state index is 5.58. The number of rotatable bonds is 3. The van der Waals surface area contributed by atoms with Gasteiger partial charge in [-0.3, -0.25) is 0 Å². The first-order valence-electron chi connectivity index (χ1n) is 5.71. The number of nitrogens with two attached hydrogens (primary N) is 1. The summed E-state index contributed by atoms with van der Waals surface area (Å²) in [5.41, 5.74) is 6.56. The van der Waals surface area contributed by atoms with Gasteiger partial charge in [-0.2, -0.15) is 0 Å². The lowest BCUT2D eigenvalue weighted by atomic mass is 10.0. The second-order valence-electron chi connectivity index (χ2n) is 4.09. The maximum Gasteiger partial charge on any atom is 0.195 e. The summed E-state index contributed by atoms with van der Waals surface area (Å²) in [4.78, 5) is 4.51. The Morgan fingerprint density at radius 1 is 1.53 bits per heavy atom. The molecule has 2 heterocycles. The zero-order valence-corrected chi connectivity index (χ0v) is 9.25. The number of piperidine rings is 1. The smallest absolute Gasteiger partial charge is 0.195 e. The van der Waals surface area contributed by atoms with Crippen LogP contribution >= 0.6 is 0 Å². The second kappa shape index (κ2) is 4.77. The van der Waals surface area contributed by atoms with Crippen LogP contribution in [0.1, 0.15) is 42.6 Å². The van der Waals surface area contributed by atoms with Crippen LogP contribution in [0.2, 0.25) is 0 Å². The number of hydrogen-bond donors (Lipinski definition) is 2. The highest BCUT2D eigenvalue weighted by Crippen LogP contribution is 2.25. The van der Waals surface area contributed by atoms with Crippen LogP contribution in [0.5, 0.6) is 0 Å². The van der Waals surface area contributed by atoms with Crippen molar-refractivity contribution in [1.82, 2.24) is 10.3 Å². The van der Waals surface area contributed by atoms with Crippen LogP contribution < -0.4 is 11.1 Å². The average molecular weight is 209 g/mol. The molecule has 1 aromatic rings. The third kappa shape index (κ3) is 2.38. The summed E-state index contributed by atoms with van der Waals surface area (Å²) in [6.07, 6.45) is 4.43. The summed E-state index contributed by atoms with van der Waals surface area (Å²) in [7, 11) is 0. The number of aryl methyl sites for hydroxylation is 1. The standard InChI is InChI=1S/C11H19N3O/c1-8-11(9-4-2-3-7-13-9)14-10(15-8)5-6-12/h9,13H,2-7,12H2,1H3. The van der Waals surface area contributed by atoms with E-state index in [4.69, 9.17) is 10.2 Å². The van der Waals surface area contributed by atoms with E-state index in [1.807, 2.05) is 6.92 Å². The molecule has 3 N–H and O–H groups in total. The van der Waals surface area contributed by atoms with E-state index in [0.717, 1.165) is 36.7 Å². The molecule has 1 saturated heterocycles. The third-order valence-electron chi connectivity index (χ3n) is 2.88. The minimum absolute atomic E-state index is 0.383. The number of hydrogen-bond acceptors (Lipinski definition) is 4. The zero-order valence-electron chi connectivity index (χ0n) is 9.25. The molecule has 0 aromatic carbocycles. The van der Waals surface area contributed by atoms with Crippen molar-refractivity contribution >= 4 is 0 Å². The van der Waals surface area contributed by atoms with E-state index in [-0.39, 0.29) is 0 Å². The molecule has 2 rings (SSSR count). The van der Waals surface area contributed by atoms with Crippen LogP contribution in [0.15, 0.2) is 4.42 Å². The molecule has 0 spiro atoms. The molecule has 0 bridgehead atoms. The molecular weight excluding hydrogens is 190 g/mol. The van der Waals surface area contributed by atoms with E-state index in [9.17, 15) is 0 Å². The normalized spacial score (nSPS) is 21.9. The van der Waals surface area contributed by atoms with Crippen LogP contribution in [-0.4, -0.2) is 18.1 Å². The van der Waals surface area contributed by atoms with Gasteiger partial charge in [0.25, 0.3) is 0 Å². The van der Waals surface area contributed by atoms with Crippen LogP contribution in [0.3, 0.4) is 0 Å². The predicted molar refractivity (Wildman–Crippen MR) is 58.6 cm³/mol. The fourth-order valence-electron chi connectivity index (χ4n) is 2.10. The Kier molecular flexibility index (Phi) is 3.38. The van der Waals surface area contributed by atoms with Crippen LogP contribution in [0.4, 0.5) is 0 Å². The van der Waals surface area contributed by atoms with Gasteiger partial charge >= 0.3 is 0 Å². The maximum atomic E-state index is 5.58. The lowest BCUT2D eigenvalue weighted by Gasteiger charge is -2.21. The molecule has 0 aliphatic carbocycles. The van der Waals surface area contributed by atoms with E-state index < -0.39 is 0 Å².